The highest BCUT2D eigenvalue weighted by molar-refractivity contribution is 4.80. The third-order valence-electron chi connectivity index (χ3n) is 2.82. The molecule has 1 N–H and O–H groups in total. The van der Waals surface area contributed by atoms with Crippen LogP contribution in [0, 0.1) is 5.92 Å². The summed E-state index contributed by atoms with van der Waals surface area (Å²) in [7, 11) is 2.04. The summed E-state index contributed by atoms with van der Waals surface area (Å²) in [6, 6.07) is 0.700. The first-order chi connectivity index (χ1) is 6.27. The SMILES string of the molecule is CCCN(CC1CC1)C(C)CNC. The molecule has 1 atom stereocenters. The maximum atomic E-state index is 3.26. The Morgan fingerprint density at radius 1 is 1.46 bits per heavy atom. The van der Waals surface area contributed by atoms with Crippen LogP contribution in [0.5, 0.6) is 0 Å². The topological polar surface area (TPSA) is 15.3 Å². The molecule has 1 unspecified atom stereocenters. The van der Waals surface area contributed by atoms with Crippen LogP contribution in [0.2, 0.25) is 0 Å². The maximum absolute atomic E-state index is 3.26. The molecule has 0 amide bonds. The number of nitrogens with zero attached hydrogens (tertiary/aromatic N) is 1. The van der Waals surface area contributed by atoms with E-state index in [1.165, 1.54) is 32.4 Å². The lowest BCUT2D eigenvalue weighted by Gasteiger charge is -2.28. The van der Waals surface area contributed by atoms with Crippen LogP contribution in [0.3, 0.4) is 0 Å². The zero-order valence-electron chi connectivity index (χ0n) is 9.34. The summed E-state index contributed by atoms with van der Waals surface area (Å²) in [5.41, 5.74) is 0. The molecule has 0 spiro atoms. The second kappa shape index (κ2) is 5.61. The van der Waals surface area contributed by atoms with E-state index in [0.717, 1.165) is 12.5 Å². The molecule has 1 saturated carbocycles. The monoisotopic (exact) mass is 184 g/mol. The van der Waals surface area contributed by atoms with Crippen LogP contribution < -0.4 is 5.32 Å². The van der Waals surface area contributed by atoms with Crippen molar-refractivity contribution in [3.63, 3.8) is 0 Å². The van der Waals surface area contributed by atoms with Crippen LogP contribution in [0.1, 0.15) is 33.1 Å². The van der Waals surface area contributed by atoms with Gasteiger partial charge in [-0.25, -0.2) is 0 Å². The normalized spacial score (nSPS) is 19.4. The summed E-state index contributed by atoms with van der Waals surface area (Å²) in [6.45, 7) is 8.31. The number of rotatable bonds is 7. The Hall–Kier alpha value is -0.0800. The van der Waals surface area contributed by atoms with Crippen molar-refractivity contribution in [1.29, 1.82) is 0 Å². The van der Waals surface area contributed by atoms with Crippen LogP contribution >= 0.6 is 0 Å². The minimum absolute atomic E-state index is 0.700. The van der Waals surface area contributed by atoms with Crippen molar-refractivity contribution < 1.29 is 0 Å². The maximum Gasteiger partial charge on any atom is 0.0192 e. The van der Waals surface area contributed by atoms with E-state index in [-0.39, 0.29) is 0 Å². The van der Waals surface area contributed by atoms with E-state index in [1.807, 2.05) is 7.05 Å². The van der Waals surface area contributed by atoms with Gasteiger partial charge in [0, 0.05) is 19.1 Å². The van der Waals surface area contributed by atoms with Gasteiger partial charge in [-0.3, -0.25) is 4.90 Å². The van der Waals surface area contributed by atoms with Gasteiger partial charge in [0.1, 0.15) is 0 Å². The van der Waals surface area contributed by atoms with E-state index in [4.69, 9.17) is 0 Å². The molecule has 0 heterocycles. The second-order valence-electron chi connectivity index (χ2n) is 4.35. The number of hydrogen-bond donors (Lipinski definition) is 1. The van der Waals surface area contributed by atoms with Crippen molar-refractivity contribution in [3.8, 4) is 0 Å². The molecule has 1 aliphatic carbocycles. The molecule has 0 radical (unpaired) electrons. The fraction of sp³-hybridized carbons (Fsp3) is 1.00. The Bertz CT molecular complexity index is 132. The van der Waals surface area contributed by atoms with Crippen LogP contribution in [-0.2, 0) is 0 Å². The molecular weight excluding hydrogens is 160 g/mol. The Morgan fingerprint density at radius 2 is 2.15 bits per heavy atom. The zero-order valence-corrected chi connectivity index (χ0v) is 9.34. The minimum atomic E-state index is 0.700. The summed E-state index contributed by atoms with van der Waals surface area (Å²) in [4.78, 5) is 2.63. The van der Waals surface area contributed by atoms with Gasteiger partial charge in [0.15, 0.2) is 0 Å². The molecule has 1 fully saturated rings. The van der Waals surface area contributed by atoms with Gasteiger partial charge < -0.3 is 5.32 Å². The first-order valence-electron chi connectivity index (χ1n) is 5.66. The third kappa shape index (κ3) is 4.10. The van der Waals surface area contributed by atoms with Gasteiger partial charge in [-0.05, 0) is 45.7 Å². The lowest BCUT2D eigenvalue weighted by molar-refractivity contribution is 0.198. The summed E-state index contributed by atoms with van der Waals surface area (Å²) in [5.74, 6) is 1.02. The Labute approximate surface area is 82.7 Å². The van der Waals surface area contributed by atoms with E-state index in [2.05, 4.69) is 24.1 Å². The molecular formula is C11H24N2. The van der Waals surface area contributed by atoms with Crippen LogP contribution in [0.25, 0.3) is 0 Å². The number of nitrogens with one attached hydrogen (secondary N) is 1. The van der Waals surface area contributed by atoms with E-state index in [1.54, 1.807) is 0 Å². The van der Waals surface area contributed by atoms with Crippen molar-refractivity contribution in [1.82, 2.24) is 10.2 Å². The molecule has 0 aromatic heterocycles. The van der Waals surface area contributed by atoms with E-state index >= 15 is 0 Å². The molecule has 0 aliphatic heterocycles. The molecule has 13 heavy (non-hydrogen) atoms. The molecule has 0 saturated heterocycles. The van der Waals surface area contributed by atoms with Crippen LogP contribution in [0.4, 0.5) is 0 Å². The highest BCUT2D eigenvalue weighted by Gasteiger charge is 2.25. The standard InChI is InChI=1S/C11H24N2/c1-4-7-13(9-11-5-6-11)10(2)8-12-3/h10-12H,4-9H2,1-3H3. The van der Waals surface area contributed by atoms with Crippen molar-refractivity contribution in [2.45, 2.75) is 39.2 Å². The number of hydrogen-bond acceptors (Lipinski definition) is 2. The first kappa shape index (κ1) is 11.0. The zero-order chi connectivity index (χ0) is 9.68. The number of likely N-dealkylation sites (N-methyl/N-ethyl adjacent to an activating group) is 1. The molecule has 0 aromatic rings. The van der Waals surface area contributed by atoms with Crippen molar-refractivity contribution in [2.24, 2.45) is 5.92 Å². The Kier molecular flexibility index (Phi) is 4.74. The van der Waals surface area contributed by atoms with E-state index in [0.29, 0.717) is 6.04 Å². The second-order valence-corrected chi connectivity index (χ2v) is 4.35. The fourth-order valence-electron chi connectivity index (χ4n) is 1.84. The van der Waals surface area contributed by atoms with Gasteiger partial charge in [-0.2, -0.15) is 0 Å². The molecule has 78 valence electrons. The highest BCUT2D eigenvalue weighted by atomic mass is 15.2. The molecule has 2 heteroatoms. The van der Waals surface area contributed by atoms with Gasteiger partial charge in [0.05, 0.1) is 0 Å². The predicted molar refractivity (Wildman–Crippen MR) is 58.0 cm³/mol. The smallest absolute Gasteiger partial charge is 0.0192 e. The average molecular weight is 184 g/mol. The van der Waals surface area contributed by atoms with Crippen molar-refractivity contribution in [2.75, 3.05) is 26.7 Å². The Morgan fingerprint density at radius 3 is 2.62 bits per heavy atom. The molecule has 1 rings (SSSR count). The van der Waals surface area contributed by atoms with Gasteiger partial charge in [0.2, 0.25) is 0 Å². The van der Waals surface area contributed by atoms with E-state index < -0.39 is 0 Å². The summed E-state index contributed by atoms with van der Waals surface area (Å²) in [5, 5.41) is 3.26. The summed E-state index contributed by atoms with van der Waals surface area (Å²) < 4.78 is 0. The van der Waals surface area contributed by atoms with Crippen molar-refractivity contribution in [3.05, 3.63) is 0 Å². The lowest BCUT2D eigenvalue weighted by atomic mass is 10.2. The third-order valence-corrected chi connectivity index (χ3v) is 2.82. The van der Waals surface area contributed by atoms with E-state index in [9.17, 15) is 0 Å². The van der Waals surface area contributed by atoms with Crippen molar-refractivity contribution >= 4 is 0 Å². The quantitative estimate of drug-likeness (QED) is 0.648. The largest absolute Gasteiger partial charge is 0.318 e. The molecule has 0 aromatic carbocycles. The summed E-state index contributed by atoms with van der Waals surface area (Å²) in [6.07, 6.45) is 4.21. The van der Waals surface area contributed by atoms with Gasteiger partial charge in [0.25, 0.3) is 0 Å². The average Bonchev–Trinajstić information content (AvgIpc) is 2.88. The summed E-state index contributed by atoms with van der Waals surface area (Å²) >= 11 is 0. The fourth-order valence-corrected chi connectivity index (χ4v) is 1.84. The molecule has 0 bridgehead atoms. The molecule has 2 nitrogen and oxygen atoms in total. The first-order valence-corrected chi connectivity index (χ1v) is 5.66. The predicted octanol–water partition coefficient (Wildman–Crippen LogP) is 1.72. The van der Waals surface area contributed by atoms with Gasteiger partial charge in [-0.1, -0.05) is 6.92 Å². The minimum Gasteiger partial charge on any atom is -0.318 e. The highest BCUT2D eigenvalue weighted by Crippen LogP contribution is 2.30. The van der Waals surface area contributed by atoms with Gasteiger partial charge >= 0.3 is 0 Å². The van der Waals surface area contributed by atoms with Crippen LogP contribution in [0.15, 0.2) is 0 Å². The van der Waals surface area contributed by atoms with Crippen LogP contribution in [-0.4, -0.2) is 37.6 Å². The van der Waals surface area contributed by atoms with Gasteiger partial charge in [-0.15, -0.1) is 0 Å². The molecule has 1 aliphatic rings. The lowest BCUT2D eigenvalue weighted by Crippen LogP contribution is -2.41. The Balaban J connectivity index is 2.25.